The van der Waals surface area contributed by atoms with E-state index in [4.69, 9.17) is 8.84 Å². The number of benzene rings is 1. The molecule has 0 amide bonds. The zero-order valence-electron chi connectivity index (χ0n) is 11.0. The second-order valence-electron chi connectivity index (χ2n) is 5.11. The third-order valence-corrected chi connectivity index (χ3v) is 3.11. The van der Waals surface area contributed by atoms with E-state index in [2.05, 4.69) is 31.8 Å². The number of hydrogen-bond acceptors (Lipinski definition) is 2. The van der Waals surface area contributed by atoms with Crippen molar-refractivity contribution in [3.63, 3.8) is 0 Å². The lowest BCUT2D eigenvalue weighted by Crippen LogP contribution is -2.24. The van der Waals surface area contributed by atoms with Gasteiger partial charge in [0.2, 0.25) is 8.32 Å². The maximum atomic E-state index is 6.09. The lowest BCUT2D eigenvalue weighted by Gasteiger charge is -2.20. The Hall–Kier alpha value is -1.74. The van der Waals surface area contributed by atoms with Gasteiger partial charge in [-0.25, -0.2) is 0 Å². The summed E-state index contributed by atoms with van der Waals surface area (Å²) in [5.41, 5.74) is 1.11. The molecule has 18 heavy (non-hydrogen) atoms. The molecule has 2 rings (SSSR count). The maximum Gasteiger partial charge on any atom is 0.242 e. The van der Waals surface area contributed by atoms with Crippen molar-refractivity contribution in [2.75, 3.05) is 0 Å². The van der Waals surface area contributed by atoms with E-state index in [0.717, 1.165) is 17.1 Å². The van der Waals surface area contributed by atoms with Crippen LogP contribution in [0.1, 0.15) is 11.3 Å². The van der Waals surface area contributed by atoms with Crippen molar-refractivity contribution in [3.05, 3.63) is 60.1 Å². The minimum atomic E-state index is -1.66. The normalized spacial score (nSPS) is 12.5. The first-order chi connectivity index (χ1) is 8.54. The summed E-state index contributed by atoms with van der Waals surface area (Å²) < 4.78 is 11.5. The summed E-state index contributed by atoms with van der Waals surface area (Å²) in [4.78, 5) is 0. The molecule has 0 unspecified atom stereocenters. The third kappa shape index (κ3) is 3.63. The molecule has 0 radical (unpaired) electrons. The van der Waals surface area contributed by atoms with Gasteiger partial charge in [0.25, 0.3) is 0 Å². The zero-order valence-corrected chi connectivity index (χ0v) is 12.0. The molecule has 0 N–H and O–H groups in total. The van der Waals surface area contributed by atoms with E-state index < -0.39 is 8.32 Å². The van der Waals surface area contributed by atoms with Gasteiger partial charge in [-0.15, -0.1) is 0 Å². The second kappa shape index (κ2) is 5.27. The quantitative estimate of drug-likeness (QED) is 0.589. The lowest BCUT2D eigenvalue weighted by molar-refractivity contribution is 0.466. The van der Waals surface area contributed by atoms with Gasteiger partial charge >= 0.3 is 0 Å². The fraction of sp³-hybridized carbons (Fsp3) is 0.200. The Bertz CT molecular complexity index is 507. The van der Waals surface area contributed by atoms with Crippen molar-refractivity contribution < 1.29 is 8.84 Å². The van der Waals surface area contributed by atoms with Crippen LogP contribution in [-0.4, -0.2) is 8.32 Å². The van der Waals surface area contributed by atoms with Crippen molar-refractivity contribution in [1.29, 1.82) is 0 Å². The van der Waals surface area contributed by atoms with Crippen molar-refractivity contribution in [1.82, 2.24) is 0 Å². The van der Waals surface area contributed by atoms with E-state index in [1.807, 2.05) is 36.4 Å². The molecule has 1 aromatic heterocycles. The molecule has 0 bridgehead atoms. The highest BCUT2D eigenvalue weighted by Crippen LogP contribution is 2.24. The third-order valence-electron chi connectivity index (χ3n) is 2.28. The Kier molecular flexibility index (Phi) is 3.72. The smallest absolute Gasteiger partial charge is 0.242 e. The standard InChI is InChI=1S/C15H18O2Si/c1-18(2,3)17-15(14-10-7-11-16-14)12-13-8-5-4-6-9-13/h4-12H,1-3H3/b15-12-. The highest BCUT2D eigenvalue weighted by atomic mass is 28.4. The molecule has 0 fully saturated rings. The van der Waals surface area contributed by atoms with E-state index >= 15 is 0 Å². The van der Waals surface area contributed by atoms with Crippen molar-refractivity contribution in [2.24, 2.45) is 0 Å². The van der Waals surface area contributed by atoms with Gasteiger partial charge in [-0.1, -0.05) is 30.3 Å². The zero-order chi connectivity index (χ0) is 13.0. The maximum absolute atomic E-state index is 6.09. The Morgan fingerprint density at radius 3 is 2.33 bits per heavy atom. The van der Waals surface area contributed by atoms with Crippen molar-refractivity contribution in [2.45, 2.75) is 19.6 Å². The summed E-state index contributed by atoms with van der Waals surface area (Å²) in [5.74, 6) is 1.59. The molecule has 0 atom stereocenters. The average molecular weight is 258 g/mol. The van der Waals surface area contributed by atoms with Crippen molar-refractivity contribution in [3.8, 4) is 0 Å². The molecule has 0 aliphatic carbocycles. The predicted molar refractivity (Wildman–Crippen MR) is 77.5 cm³/mol. The summed E-state index contributed by atoms with van der Waals surface area (Å²) in [5, 5.41) is 0. The molecule has 3 heteroatoms. The van der Waals surface area contributed by atoms with Gasteiger partial charge in [0.15, 0.2) is 5.76 Å². The molecule has 94 valence electrons. The van der Waals surface area contributed by atoms with Crippen LogP contribution in [0.5, 0.6) is 0 Å². The molecule has 2 nitrogen and oxygen atoms in total. The molecular weight excluding hydrogens is 240 g/mol. The molecule has 0 saturated heterocycles. The van der Waals surface area contributed by atoms with Crippen LogP contribution < -0.4 is 0 Å². The van der Waals surface area contributed by atoms with Crippen LogP contribution in [0.15, 0.2) is 53.1 Å². The van der Waals surface area contributed by atoms with Crippen molar-refractivity contribution >= 4 is 20.2 Å². The highest BCUT2D eigenvalue weighted by molar-refractivity contribution is 6.70. The summed E-state index contributed by atoms with van der Waals surface area (Å²) >= 11 is 0. The van der Waals surface area contributed by atoms with Gasteiger partial charge in [-0.05, 0) is 43.4 Å². The van der Waals surface area contributed by atoms with Crippen LogP contribution in [0.2, 0.25) is 19.6 Å². The molecular formula is C15H18O2Si. The molecule has 2 aromatic rings. The van der Waals surface area contributed by atoms with E-state index in [1.165, 1.54) is 0 Å². The number of hydrogen-bond donors (Lipinski definition) is 0. The molecule has 1 heterocycles. The van der Waals surface area contributed by atoms with Gasteiger partial charge in [-0.3, -0.25) is 0 Å². The fourth-order valence-electron chi connectivity index (χ4n) is 1.60. The van der Waals surface area contributed by atoms with E-state index in [0.29, 0.717) is 0 Å². The predicted octanol–water partition coefficient (Wildman–Crippen LogP) is 4.63. The SMILES string of the molecule is C[Si](C)(C)O/C(=C\c1ccccc1)c1ccco1. The monoisotopic (exact) mass is 258 g/mol. The Balaban J connectivity index is 2.34. The Labute approximate surface area is 109 Å². The van der Waals surface area contributed by atoms with E-state index in [9.17, 15) is 0 Å². The number of rotatable bonds is 4. The van der Waals surface area contributed by atoms with Crippen LogP contribution in [0, 0.1) is 0 Å². The summed E-state index contributed by atoms with van der Waals surface area (Å²) in [7, 11) is -1.66. The van der Waals surface area contributed by atoms with Gasteiger partial charge in [0, 0.05) is 0 Å². The van der Waals surface area contributed by atoms with Gasteiger partial charge < -0.3 is 8.84 Å². The minimum absolute atomic E-state index is 0.779. The summed E-state index contributed by atoms with van der Waals surface area (Å²) in [6.45, 7) is 6.48. The Morgan fingerprint density at radius 1 is 1.06 bits per heavy atom. The largest absolute Gasteiger partial charge is 0.542 e. The number of furan rings is 1. The summed E-state index contributed by atoms with van der Waals surface area (Å²) in [6.07, 6.45) is 3.69. The van der Waals surface area contributed by atoms with Crippen LogP contribution in [0.4, 0.5) is 0 Å². The molecule has 1 aromatic carbocycles. The van der Waals surface area contributed by atoms with Gasteiger partial charge in [-0.2, -0.15) is 0 Å². The fourth-order valence-corrected chi connectivity index (χ4v) is 2.42. The molecule has 0 saturated carbocycles. The van der Waals surface area contributed by atoms with E-state index in [-0.39, 0.29) is 0 Å². The first kappa shape index (κ1) is 12.7. The first-order valence-electron chi connectivity index (χ1n) is 6.04. The van der Waals surface area contributed by atoms with Crippen LogP contribution in [0.25, 0.3) is 11.8 Å². The Morgan fingerprint density at radius 2 is 1.78 bits per heavy atom. The van der Waals surface area contributed by atoms with Crippen LogP contribution in [0.3, 0.4) is 0 Å². The molecule has 0 spiro atoms. The highest BCUT2D eigenvalue weighted by Gasteiger charge is 2.19. The topological polar surface area (TPSA) is 22.4 Å². The molecule has 0 aliphatic heterocycles. The van der Waals surface area contributed by atoms with Gasteiger partial charge in [0.05, 0.1) is 6.26 Å². The summed E-state index contributed by atoms with van der Waals surface area (Å²) in [6, 6.07) is 13.9. The minimum Gasteiger partial charge on any atom is -0.542 e. The lowest BCUT2D eigenvalue weighted by atomic mass is 10.2. The van der Waals surface area contributed by atoms with Gasteiger partial charge in [0.1, 0.15) is 5.76 Å². The van der Waals surface area contributed by atoms with Crippen LogP contribution >= 0.6 is 0 Å². The average Bonchev–Trinajstić information content (AvgIpc) is 2.81. The second-order valence-corrected chi connectivity index (χ2v) is 9.54. The first-order valence-corrected chi connectivity index (χ1v) is 9.45. The van der Waals surface area contributed by atoms with Crippen LogP contribution in [-0.2, 0) is 4.43 Å². The van der Waals surface area contributed by atoms with E-state index in [1.54, 1.807) is 6.26 Å². The molecule has 0 aliphatic rings.